The Labute approximate surface area is 124 Å². The Morgan fingerprint density at radius 1 is 1.25 bits per heavy atom. The molecule has 1 aliphatic carbocycles. The van der Waals surface area contributed by atoms with Crippen molar-refractivity contribution in [1.82, 2.24) is 10.2 Å². The van der Waals surface area contributed by atoms with Gasteiger partial charge in [0.25, 0.3) is 0 Å². The lowest BCUT2D eigenvalue weighted by molar-refractivity contribution is -0.135. The van der Waals surface area contributed by atoms with Gasteiger partial charge in [-0.25, -0.2) is 0 Å². The molecule has 1 N–H and O–H groups in total. The summed E-state index contributed by atoms with van der Waals surface area (Å²) in [6.45, 7) is 8.80. The van der Waals surface area contributed by atoms with Gasteiger partial charge < -0.3 is 4.90 Å². The van der Waals surface area contributed by atoms with Crippen molar-refractivity contribution >= 4 is 5.91 Å². The topological polar surface area (TPSA) is 32.3 Å². The third kappa shape index (κ3) is 3.03. The molecule has 4 atom stereocenters. The molecule has 3 nitrogen and oxygen atoms in total. The van der Waals surface area contributed by atoms with E-state index in [1.165, 1.54) is 32.1 Å². The second kappa shape index (κ2) is 6.93. The van der Waals surface area contributed by atoms with E-state index in [2.05, 4.69) is 37.9 Å². The molecule has 1 amide bonds. The van der Waals surface area contributed by atoms with Crippen molar-refractivity contribution in [2.24, 2.45) is 11.8 Å². The molecular weight excluding hydrogens is 248 g/mol. The number of carbonyl (C=O) groups is 1. The molecule has 2 fully saturated rings. The molecule has 1 aliphatic heterocycles. The molecule has 1 saturated carbocycles. The van der Waals surface area contributed by atoms with Gasteiger partial charge in [0.1, 0.15) is 0 Å². The zero-order chi connectivity index (χ0) is 14.7. The number of rotatable bonds is 5. The SMILES string of the molecule is CCCC1NC(C(C)C)C(=O)N1C1CCCCC1CC. The van der Waals surface area contributed by atoms with Crippen LogP contribution in [0.25, 0.3) is 0 Å². The summed E-state index contributed by atoms with van der Waals surface area (Å²) < 4.78 is 0. The standard InChI is InChI=1S/C17H32N2O/c1-5-9-15-18-16(12(3)4)17(20)19(15)14-11-8-7-10-13(14)6-2/h12-16,18H,5-11H2,1-4H3. The molecule has 0 radical (unpaired) electrons. The van der Waals surface area contributed by atoms with E-state index in [-0.39, 0.29) is 12.2 Å². The highest BCUT2D eigenvalue weighted by Gasteiger charge is 2.45. The highest BCUT2D eigenvalue weighted by Crippen LogP contribution is 2.35. The van der Waals surface area contributed by atoms with Crippen molar-refractivity contribution in [3.05, 3.63) is 0 Å². The van der Waals surface area contributed by atoms with Crippen molar-refractivity contribution in [1.29, 1.82) is 0 Å². The van der Waals surface area contributed by atoms with Crippen molar-refractivity contribution < 1.29 is 4.79 Å². The first-order chi connectivity index (χ1) is 9.60. The Morgan fingerprint density at radius 3 is 2.55 bits per heavy atom. The average Bonchev–Trinajstić information content (AvgIpc) is 2.76. The summed E-state index contributed by atoms with van der Waals surface area (Å²) in [5.74, 6) is 1.46. The lowest BCUT2D eigenvalue weighted by atomic mass is 9.81. The van der Waals surface area contributed by atoms with Gasteiger partial charge in [0.05, 0.1) is 12.2 Å². The minimum absolute atomic E-state index is 0.0333. The van der Waals surface area contributed by atoms with E-state index in [0.29, 0.717) is 23.8 Å². The fourth-order valence-electron chi connectivity index (χ4n) is 4.07. The molecule has 2 aliphatic rings. The van der Waals surface area contributed by atoms with Crippen LogP contribution >= 0.6 is 0 Å². The lowest BCUT2D eigenvalue weighted by Crippen LogP contribution is -2.49. The predicted molar refractivity (Wildman–Crippen MR) is 83.3 cm³/mol. The van der Waals surface area contributed by atoms with E-state index in [1.807, 2.05) is 0 Å². The number of nitrogens with zero attached hydrogens (tertiary/aromatic N) is 1. The molecule has 1 heterocycles. The number of amides is 1. The summed E-state index contributed by atoms with van der Waals surface area (Å²) in [6, 6.07) is 0.514. The molecule has 3 heteroatoms. The minimum atomic E-state index is 0.0333. The molecule has 0 aromatic carbocycles. The maximum atomic E-state index is 12.9. The lowest BCUT2D eigenvalue weighted by Gasteiger charge is -2.40. The predicted octanol–water partition coefficient (Wildman–Crippen LogP) is 3.54. The fraction of sp³-hybridized carbons (Fsp3) is 0.941. The van der Waals surface area contributed by atoms with Crippen molar-refractivity contribution in [3.8, 4) is 0 Å². The molecule has 0 aromatic rings. The fourth-order valence-corrected chi connectivity index (χ4v) is 4.07. The normalized spacial score (nSPS) is 35.0. The quantitative estimate of drug-likeness (QED) is 0.835. The van der Waals surface area contributed by atoms with Crippen LogP contribution in [0.1, 0.15) is 72.6 Å². The molecule has 2 rings (SSSR count). The van der Waals surface area contributed by atoms with Gasteiger partial charge in [-0.2, -0.15) is 0 Å². The van der Waals surface area contributed by atoms with Gasteiger partial charge in [-0.15, -0.1) is 0 Å². The summed E-state index contributed by atoms with van der Waals surface area (Å²) in [4.78, 5) is 15.1. The second-order valence-corrected chi connectivity index (χ2v) is 6.96. The monoisotopic (exact) mass is 280 g/mol. The van der Waals surface area contributed by atoms with Gasteiger partial charge >= 0.3 is 0 Å². The molecule has 116 valence electrons. The molecule has 0 aromatic heterocycles. The summed E-state index contributed by atoms with van der Waals surface area (Å²) in [5.41, 5.74) is 0. The summed E-state index contributed by atoms with van der Waals surface area (Å²) in [7, 11) is 0. The van der Waals surface area contributed by atoms with Gasteiger partial charge in [-0.1, -0.05) is 53.4 Å². The number of carbonyl (C=O) groups excluding carboxylic acids is 1. The Morgan fingerprint density at radius 2 is 1.95 bits per heavy atom. The molecular formula is C17H32N2O. The van der Waals surface area contributed by atoms with Crippen molar-refractivity contribution in [2.45, 2.75) is 90.9 Å². The Kier molecular flexibility index (Phi) is 5.48. The summed E-state index contributed by atoms with van der Waals surface area (Å²) in [5, 5.41) is 3.61. The van der Waals surface area contributed by atoms with Crippen LogP contribution in [0.5, 0.6) is 0 Å². The van der Waals surface area contributed by atoms with E-state index >= 15 is 0 Å². The Bertz CT molecular complexity index is 329. The van der Waals surface area contributed by atoms with Crippen LogP contribution in [0.2, 0.25) is 0 Å². The first-order valence-corrected chi connectivity index (χ1v) is 8.68. The Balaban J connectivity index is 2.18. The van der Waals surface area contributed by atoms with Gasteiger partial charge in [-0.05, 0) is 31.1 Å². The smallest absolute Gasteiger partial charge is 0.241 e. The van der Waals surface area contributed by atoms with Crippen LogP contribution in [-0.4, -0.2) is 29.1 Å². The Hall–Kier alpha value is -0.570. The third-order valence-electron chi connectivity index (χ3n) is 5.21. The molecule has 0 spiro atoms. The molecule has 20 heavy (non-hydrogen) atoms. The van der Waals surface area contributed by atoms with E-state index in [0.717, 1.165) is 12.8 Å². The third-order valence-corrected chi connectivity index (χ3v) is 5.21. The first-order valence-electron chi connectivity index (χ1n) is 8.68. The van der Waals surface area contributed by atoms with Crippen LogP contribution in [0.4, 0.5) is 0 Å². The van der Waals surface area contributed by atoms with Gasteiger partial charge in [0.15, 0.2) is 0 Å². The zero-order valence-electron chi connectivity index (χ0n) is 13.7. The average molecular weight is 280 g/mol. The maximum absolute atomic E-state index is 12.9. The highest BCUT2D eigenvalue weighted by atomic mass is 16.2. The first kappa shape index (κ1) is 15.8. The number of nitrogens with one attached hydrogen (secondary N) is 1. The van der Waals surface area contributed by atoms with Crippen LogP contribution in [-0.2, 0) is 4.79 Å². The van der Waals surface area contributed by atoms with Crippen LogP contribution in [0.3, 0.4) is 0 Å². The molecule has 0 bridgehead atoms. The maximum Gasteiger partial charge on any atom is 0.241 e. The number of hydrogen-bond donors (Lipinski definition) is 1. The second-order valence-electron chi connectivity index (χ2n) is 6.96. The highest BCUT2D eigenvalue weighted by molar-refractivity contribution is 5.85. The van der Waals surface area contributed by atoms with E-state index in [9.17, 15) is 4.79 Å². The number of hydrogen-bond acceptors (Lipinski definition) is 2. The van der Waals surface area contributed by atoms with Crippen LogP contribution in [0.15, 0.2) is 0 Å². The summed E-state index contributed by atoms with van der Waals surface area (Å²) >= 11 is 0. The van der Waals surface area contributed by atoms with Crippen molar-refractivity contribution in [2.75, 3.05) is 0 Å². The summed E-state index contributed by atoms with van der Waals surface area (Å²) in [6.07, 6.45) is 8.84. The molecule has 4 unspecified atom stereocenters. The van der Waals surface area contributed by atoms with Crippen LogP contribution in [0, 0.1) is 11.8 Å². The van der Waals surface area contributed by atoms with Gasteiger partial charge in [-0.3, -0.25) is 10.1 Å². The largest absolute Gasteiger partial charge is 0.323 e. The zero-order valence-corrected chi connectivity index (χ0v) is 13.7. The van der Waals surface area contributed by atoms with Gasteiger partial charge in [0, 0.05) is 6.04 Å². The van der Waals surface area contributed by atoms with Crippen LogP contribution < -0.4 is 5.32 Å². The van der Waals surface area contributed by atoms with Crippen molar-refractivity contribution in [3.63, 3.8) is 0 Å². The van der Waals surface area contributed by atoms with E-state index in [4.69, 9.17) is 0 Å². The van der Waals surface area contributed by atoms with E-state index in [1.54, 1.807) is 0 Å². The van der Waals surface area contributed by atoms with E-state index < -0.39 is 0 Å². The minimum Gasteiger partial charge on any atom is -0.323 e. The molecule has 1 saturated heterocycles. The van der Waals surface area contributed by atoms with Gasteiger partial charge in [0.2, 0.25) is 5.91 Å².